The van der Waals surface area contributed by atoms with Crippen LogP contribution < -0.4 is 5.32 Å². The number of hydrogen-bond acceptors (Lipinski definition) is 5. The fourth-order valence-corrected chi connectivity index (χ4v) is 1.74. The van der Waals surface area contributed by atoms with Gasteiger partial charge in [0.2, 0.25) is 0 Å². The lowest BCUT2D eigenvalue weighted by molar-refractivity contribution is 0.333. The van der Waals surface area contributed by atoms with E-state index in [1.165, 1.54) is 19.3 Å². The van der Waals surface area contributed by atoms with E-state index >= 15 is 0 Å². The number of nitrogens with zero attached hydrogens (tertiary/aromatic N) is 5. The van der Waals surface area contributed by atoms with Gasteiger partial charge in [-0.25, -0.2) is 0 Å². The largest absolute Gasteiger partial charge is 0.368 e. The van der Waals surface area contributed by atoms with Crippen LogP contribution in [0.15, 0.2) is 12.4 Å². The van der Waals surface area contributed by atoms with Crippen LogP contribution in [0.25, 0.3) is 5.65 Å². The van der Waals surface area contributed by atoms with Crippen molar-refractivity contribution in [3.05, 3.63) is 12.4 Å². The molecule has 0 bridgehead atoms. The maximum absolute atomic E-state index is 4.08. The van der Waals surface area contributed by atoms with E-state index in [9.17, 15) is 0 Å². The Morgan fingerprint density at radius 2 is 2.33 bits per heavy atom. The third kappa shape index (κ3) is 1.51. The van der Waals surface area contributed by atoms with Gasteiger partial charge >= 0.3 is 0 Å². The third-order valence-corrected chi connectivity index (χ3v) is 2.91. The van der Waals surface area contributed by atoms with Crippen molar-refractivity contribution >= 4 is 11.5 Å². The maximum Gasteiger partial charge on any atom is 0.199 e. The van der Waals surface area contributed by atoms with E-state index in [0.29, 0.717) is 5.65 Å². The second-order valence-corrected chi connectivity index (χ2v) is 3.92. The van der Waals surface area contributed by atoms with E-state index in [1.807, 2.05) is 0 Å². The molecule has 2 heterocycles. The van der Waals surface area contributed by atoms with Crippen molar-refractivity contribution in [1.82, 2.24) is 25.0 Å². The quantitative estimate of drug-likeness (QED) is 0.798. The average molecular weight is 204 g/mol. The van der Waals surface area contributed by atoms with E-state index in [-0.39, 0.29) is 0 Å². The zero-order valence-corrected chi connectivity index (χ0v) is 8.30. The topological polar surface area (TPSA) is 68.0 Å². The smallest absolute Gasteiger partial charge is 0.199 e. The van der Waals surface area contributed by atoms with Crippen molar-refractivity contribution in [2.45, 2.75) is 19.3 Å². The minimum absolute atomic E-state index is 0.675. The summed E-state index contributed by atoms with van der Waals surface area (Å²) in [4.78, 5) is 4.08. The Morgan fingerprint density at radius 3 is 3.13 bits per heavy atom. The van der Waals surface area contributed by atoms with Gasteiger partial charge in [-0.1, -0.05) is 6.42 Å². The van der Waals surface area contributed by atoms with Gasteiger partial charge in [-0.2, -0.15) is 4.52 Å². The van der Waals surface area contributed by atoms with Gasteiger partial charge in [0.1, 0.15) is 5.82 Å². The minimum Gasteiger partial charge on any atom is -0.368 e. The Hall–Kier alpha value is -1.72. The molecule has 0 amide bonds. The first kappa shape index (κ1) is 8.58. The van der Waals surface area contributed by atoms with Gasteiger partial charge in [0.15, 0.2) is 5.65 Å². The molecule has 0 aliphatic heterocycles. The first-order valence-electron chi connectivity index (χ1n) is 5.19. The lowest BCUT2D eigenvalue weighted by Crippen LogP contribution is -2.22. The number of tetrazole rings is 1. The Morgan fingerprint density at radius 1 is 1.40 bits per heavy atom. The van der Waals surface area contributed by atoms with Crippen LogP contribution in [0.4, 0.5) is 5.82 Å². The molecular formula is C9H12N6. The highest BCUT2D eigenvalue weighted by Crippen LogP contribution is 2.26. The zero-order chi connectivity index (χ0) is 10.1. The molecule has 2 aromatic rings. The van der Waals surface area contributed by atoms with Gasteiger partial charge in [0.05, 0.1) is 12.4 Å². The standard InChI is InChI=1S/C9H12N6/c1-2-7(3-1)4-11-8-5-10-6-9-12-13-14-15(8)9/h5-7,11H,1-4H2. The molecule has 78 valence electrons. The SMILES string of the molecule is c1ncc2nnnn2c1NCC1CCC1. The molecule has 0 saturated heterocycles. The number of fused-ring (bicyclic) bond motifs is 1. The van der Waals surface area contributed by atoms with E-state index in [1.54, 1.807) is 16.9 Å². The summed E-state index contributed by atoms with van der Waals surface area (Å²) in [6.45, 7) is 0.987. The molecule has 2 aromatic heterocycles. The normalized spacial score (nSPS) is 16.5. The molecule has 1 aliphatic rings. The predicted molar refractivity (Wildman–Crippen MR) is 54.4 cm³/mol. The molecule has 1 aliphatic carbocycles. The van der Waals surface area contributed by atoms with Gasteiger partial charge in [0.25, 0.3) is 0 Å². The summed E-state index contributed by atoms with van der Waals surface area (Å²) in [7, 11) is 0. The second kappa shape index (κ2) is 3.45. The first-order chi connectivity index (χ1) is 7.43. The summed E-state index contributed by atoms with van der Waals surface area (Å²) in [5, 5.41) is 14.7. The molecular weight excluding hydrogens is 192 g/mol. The molecule has 6 heteroatoms. The van der Waals surface area contributed by atoms with E-state index in [4.69, 9.17) is 0 Å². The summed E-state index contributed by atoms with van der Waals surface area (Å²) in [6.07, 6.45) is 7.41. The summed E-state index contributed by atoms with van der Waals surface area (Å²) < 4.78 is 1.67. The zero-order valence-electron chi connectivity index (χ0n) is 8.30. The minimum atomic E-state index is 0.675. The van der Waals surface area contributed by atoms with Gasteiger partial charge in [-0.05, 0) is 29.2 Å². The number of nitrogens with one attached hydrogen (secondary N) is 1. The molecule has 6 nitrogen and oxygen atoms in total. The average Bonchev–Trinajstić information content (AvgIpc) is 2.63. The van der Waals surface area contributed by atoms with Crippen molar-refractivity contribution in [2.24, 2.45) is 5.92 Å². The summed E-state index contributed by atoms with van der Waals surface area (Å²) >= 11 is 0. The number of aromatic nitrogens is 5. The molecule has 1 saturated carbocycles. The summed E-state index contributed by atoms with van der Waals surface area (Å²) in [6, 6.07) is 0. The van der Waals surface area contributed by atoms with Crippen LogP contribution in [-0.4, -0.2) is 31.6 Å². The molecule has 3 rings (SSSR count). The highest BCUT2D eigenvalue weighted by atomic mass is 15.5. The monoisotopic (exact) mass is 204 g/mol. The lowest BCUT2D eigenvalue weighted by atomic mass is 9.85. The van der Waals surface area contributed by atoms with Crippen LogP contribution in [-0.2, 0) is 0 Å². The molecule has 0 aromatic carbocycles. The molecule has 0 unspecified atom stereocenters. The third-order valence-electron chi connectivity index (χ3n) is 2.91. The fourth-order valence-electron chi connectivity index (χ4n) is 1.74. The first-order valence-corrected chi connectivity index (χ1v) is 5.19. The lowest BCUT2D eigenvalue weighted by Gasteiger charge is -2.25. The van der Waals surface area contributed by atoms with Crippen LogP contribution >= 0.6 is 0 Å². The fraction of sp³-hybridized carbons (Fsp3) is 0.556. The van der Waals surface area contributed by atoms with Crippen LogP contribution in [0.1, 0.15) is 19.3 Å². The highest BCUT2D eigenvalue weighted by Gasteiger charge is 2.17. The van der Waals surface area contributed by atoms with Crippen molar-refractivity contribution in [1.29, 1.82) is 0 Å². The van der Waals surface area contributed by atoms with Crippen LogP contribution in [0.2, 0.25) is 0 Å². The molecule has 1 fully saturated rings. The van der Waals surface area contributed by atoms with Gasteiger partial charge in [-0.15, -0.1) is 5.10 Å². The summed E-state index contributed by atoms with van der Waals surface area (Å²) in [5.41, 5.74) is 0.675. The van der Waals surface area contributed by atoms with Gasteiger partial charge < -0.3 is 5.32 Å². The van der Waals surface area contributed by atoms with Crippen LogP contribution in [0, 0.1) is 5.92 Å². The molecule has 0 radical (unpaired) electrons. The van der Waals surface area contributed by atoms with Crippen molar-refractivity contribution in [3.8, 4) is 0 Å². The van der Waals surface area contributed by atoms with Gasteiger partial charge in [0, 0.05) is 6.54 Å². The number of anilines is 1. The Bertz CT molecular complexity index is 460. The number of rotatable bonds is 3. The van der Waals surface area contributed by atoms with Crippen LogP contribution in [0.3, 0.4) is 0 Å². The molecule has 15 heavy (non-hydrogen) atoms. The van der Waals surface area contributed by atoms with Crippen molar-refractivity contribution < 1.29 is 0 Å². The Labute approximate surface area is 86.7 Å². The van der Waals surface area contributed by atoms with Crippen molar-refractivity contribution in [3.63, 3.8) is 0 Å². The van der Waals surface area contributed by atoms with E-state index in [0.717, 1.165) is 18.3 Å². The molecule has 0 spiro atoms. The molecule has 1 N–H and O–H groups in total. The number of hydrogen-bond donors (Lipinski definition) is 1. The Balaban J connectivity index is 1.80. The predicted octanol–water partition coefficient (Wildman–Crippen LogP) is 0.731. The second-order valence-electron chi connectivity index (χ2n) is 3.92. The summed E-state index contributed by atoms with van der Waals surface area (Å²) in [5.74, 6) is 1.67. The Kier molecular flexibility index (Phi) is 1.97. The highest BCUT2D eigenvalue weighted by molar-refractivity contribution is 5.43. The van der Waals surface area contributed by atoms with E-state index in [2.05, 4.69) is 25.8 Å². The maximum atomic E-state index is 4.08. The molecule has 0 atom stereocenters. The van der Waals surface area contributed by atoms with E-state index < -0.39 is 0 Å². The van der Waals surface area contributed by atoms with Gasteiger partial charge in [-0.3, -0.25) is 4.98 Å². The van der Waals surface area contributed by atoms with Crippen LogP contribution in [0.5, 0.6) is 0 Å². The van der Waals surface area contributed by atoms with Crippen molar-refractivity contribution in [2.75, 3.05) is 11.9 Å².